The molecule has 0 saturated carbocycles. The summed E-state index contributed by atoms with van der Waals surface area (Å²) >= 11 is 0. The van der Waals surface area contributed by atoms with Crippen molar-refractivity contribution >= 4 is 22.8 Å². The Bertz CT molecular complexity index is 780. The SMILES string of the molecule is CC(C)CC(CNC(=O)c1cc(=O)[nH]c2ccccc12)C(=O)O. The Morgan fingerprint density at radius 1 is 1.26 bits per heavy atom. The summed E-state index contributed by atoms with van der Waals surface area (Å²) < 4.78 is 0. The second-order valence-corrected chi connectivity index (χ2v) is 5.97. The molecule has 6 heteroatoms. The second-order valence-electron chi connectivity index (χ2n) is 5.97. The highest BCUT2D eigenvalue weighted by atomic mass is 16.4. The molecular weight excluding hydrogens is 296 g/mol. The van der Waals surface area contributed by atoms with Crippen molar-refractivity contribution in [3.05, 3.63) is 46.2 Å². The highest BCUT2D eigenvalue weighted by Gasteiger charge is 2.20. The van der Waals surface area contributed by atoms with E-state index >= 15 is 0 Å². The number of amides is 1. The molecule has 1 aromatic heterocycles. The first kappa shape index (κ1) is 16.7. The number of rotatable bonds is 6. The molecule has 1 atom stereocenters. The van der Waals surface area contributed by atoms with Gasteiger partial charge in [-0.15, -0.1) is 0 Å². The van der Waals surface area contributed by atoms with Gasteiger partial charge in [0.05, 0.1) is 11.5 Å². The van der Waals surface area contributed by atoms with Crippen LogP contribution in [0.5, 0.6) is 0 Å². The second kappa shape index (κ2) is 7.09. The predicted octanol–water partition coefficient (Wildman–Crippen LogP) is 2.00. The molecule has 0 aliphatic carbocycles. The molecule has 0 spiro atoms. The van der Waals surface area contributed by atoms with Crippen molar-refractivity contribution in [1.82, 2.24) is 10.3 Å². The van der Waals surface area contributed by atoms with Gasteiger partial charge in [-0.3, -0.25) is 14.4 Å². The Hall–Kier alpha value is -2.63. The summed E-state index contributed by atoms with van der Waals surface area (Å²) in [6, 6.07) is 8.23. The predicted molar refractivity (Wildman–Crippen MR) is 87.5 cm³/mol. The van der Waals surface area contributed by atoms with Crippen LogP contribution in [-0.2, 0) is 4.79 Å². The van der Waals surface area contributed by atoms with Gasteiger partial charge in [0.15, 0.2) is 0 Å². The number of carboxylic acids is 1. The maximum atomic E-state index is 12.4. The minimum absolute atomic E-state index is 0.0352. The summed E-state index contributed by atoms with van der Waals surface area (Å²) in [7, 11) is 0. The molecule has 0 aliphatic heterocycles. The number of hydrogen-bond acceptors (Lipinski definition) is 3. The number of carboxylic acid groups (broad SMARTS) is 1. The largest absolute Gasteiger partial charge is 0.481 e. The Morgan fingerprint density at radius 2 is 1.96 bits per heavy atom. The monoisotopic (exact) mass is 316 g/mol. The van der Waals surface area contributed by atoms with E-state index in [-0.39, 0.29) is 23.6 Å². The minimum atomic E-state index is -0.935. The van der Waals surface area contributed by atoms with Gasteiger partial charge in [-0.2, -0.15) is 0 Å². The first-order valence-electron chi connectivity index (χ1n) is 7.51. The van der Waals surface area contributed by atoms with Crippen molar-refractivity contribution in [3.63, 3.8) is 0 Å². The lowest BCUT2D eigenvalue weighted by Crippen LogP contribution is -2.34. The van der Waals surface area contributed by atoms with Gasteiger partial charge in [-0.05, 0) is 18.4 Å². The number of nitrogens with one attached hydrogen (secondary N) is 2. The average molecular weight is 316 g/mol. The van der Waals surface area contributed by atoms with Crippen molar-refractivity contribution in [2.24, 2.45) is 11.8 Å². The average Bonchev–Trinajstić information content (AvgIpc) is 2.49. The van der Waals surface area contributed by atoms with Crippen molar-refractivity contribution in [2.75, 3.05) is 6.54 Å². The first-order valence-corrected chi connectivity index (χ1v) is 7.51. The number of H-pyrrole nitrogens is 1. The molecule has 6 nitrogen and oxygen atoms in total. The highest BCUT2D eigenvalue weighted by molar-refractivity contribution is 6.06. The van der Waals surface area contributed by atoms with Crippen LogP contribution in [0.3, 0.4) is 0 Å². The zero-order chi connectivity index (χ0) is 17.0. The number of hydrogen-bond donors (Lipinski definition) is 3. The standard InChI is InChI=1S/C17H20N2O4/c1-10(2)7-11(17(22)23)9-18-16(21)13-8-15(20)19-14-6-4-3-5-12(13)14/h3-6,8,10-11H,7,9H2,1-2H3,(H,18,21)(H,19,20)(H,22,23). The zero-order valence-electron chi connectivity index (χ0n) is 13.1. The van der Waals surface area contributed by atoms with Crippen molar-refractivity contribution in [1.29, 1.82) is 0 Å². The fourth-order valence-corrected chi connectivity index (χ4v) is 2.54. The molecule has 1 unspecified atom stereocenters. The Balaban J connectivity index is 2.21. The quantitative estimate of drug-likeness (QED) is 0.759. The third-order valence-corrected chi connectivity index (χ3v) is 3.61. The molecule has 0 saturated heterocycles. The van der Waals surface area contributed by atoms with E-state index in [0.717, 1.165) is 0 Å². The van der Waals surface area contributed by atoms with E-state index in [4.69, 9.17) is 0 Å². The normalized spacial score (nSPS) is 12.3. The molecule has 2 rings (SSSR count). The van der Waals surface area contributed by atoms with E-state index in [0.29, 0.717) is 17.3 Å². The number of carbonyl (C=O) groups is 2. The smallest absolute Gasteiger partial charge is 0.308 e. The van der Waals surface area contributed by atoms with Gasteiger partial charge >= 0.3 is 5.97 Å². The Morgan fingerprint density at radius 3 is 2.61 bits per heavy atom. The van der Waals surface area contributed by atoms with E-state index < -0.39 is 17.8 Å². The fraction of sp³-hybridized carbons (Fsp3) is 0.353. The van der Waals surface area contributed by atoms with Crippen molar-refractivity contribution in [2.45, 2.75) is 20.3 Å². The lowest BCUT2D eigenvalue weighted by atomic mass is 9.97. The molecule has 0 fully saturated rings. The van der Waals surface area contributed by atoms with Gasteiger partial charge < -0.3 is 15.4 Å². The lowest BCUT2D eigenvalue weighted by molar-refractivity contribution is -0.142. The molecular formula is C17H20N2O4. The van der Waals surface area contributed by atoms with Gasteiger partial charge in [0.25, 0.3) is 5.91 Å². The van der Waals surface area contributed by atoms with Crippen LogP contribution < -0.4 is 10.9 Å². The number of para-hydroxylation sites is 1. The number of aromatic nitrogens is 1. The summed E-state index contributed by atoms with van der Waals surface area (Å²) in [5, 5.41) is 12.5. The molecule has 1 amide bonds. The van der Waals surface area contributed by atoms with Crippen LogP contribution in [0.1, 0.15) is 30.6 Å². The third kappa shape index (κ3) is 4.18. The van der Waals surface area contributed by atoms with Gasteiger partial charge in [0.2, 0.25) is 5.56 Å². The van der Waals surface area contributed by atoms with Crippen LogP contribution in [0, 0.1) is 11.8 Å². The number of benzene rings is 1. The van der Waals surface area contributed by atoms with Gasteiger partial charge in [-0.25, -0.2) is 0 Å². The van der Waals surface area contributed by atoms with Crippen LogP contribution in [-0.4, -0.2) is 28.5 Å². The van der Waals surface area contributed by atoms with Crippen LogP contribution in [0.4, 0.5) is 0 Å². The first-order chi connectivity index (χ1) is 10.9. The fourth-order valence-electron chi connectivity index (χ4n) is 2.54. The van der Waals surface area contributed by atoms with Crippen molar-refractivity contribution < 1.29 is 14.7 Å². The topological polar surface area (TPSA) is 99.3 Å². The molecule has 2 aromatic rings. The Kier molecular flexibility index (Phi) is 5.16. The van der Waals surface area contributed by atoms with E-state index in [2.05, 4.69) is 10.3 Å². The van der Waals surface area contributed by atoms with Crippen LogP contribution in [0.2, 0.25) is 0 Å². The molecule has 0 aliphatic rings. The van der Waals surface area contributed by atoms with Gasteiger partial charge in [-0.1, -0.05) is 32.0 Å². The summed E-state index contributed by atoms with van der Waals surface area (Å²) in [5.74, 6) is -1.81. The number of aromatic amines is 1. The summed E-state index contributed by atoms with van der Waals surface area (Å²) in [6.07, 6.45) is 0.478. The molecule has 0 radical (unpaired) electrons. The highest BCUT2D eigenvalue weighted by Crippen LogP contribution is 2.15. The number of fused-ring (bicyclic) bond motifs is 1. The van der Waals surface area contributed by atoms with Crippen LogP contribution >= 0.6 is 0 Å². The van der Waals surface area contributed by atoms with E-state index in [9.17, 15) is 19.5 Å². The maximum Gasteiger partial charge on any atom is 0.308 e. The van der Waals surface area contributed by atoms with Crippen molar-refractivity contribution in [3.8, 4) is 0 Å². The molecule has 1 heterocycles. The maximum absolute atomic E-state index is 12.4. The van der Waals surface area contributed by atoms with Crippen LogP contribution in [0.15, 0.2) is 35.1 Å². The van der Waals surface area contributed by atoms with E-state index in [1.54, 1.807) is 24.3 Å². The molecule has 1 aromatic carbocycles. The number of pyridine rings is 1. The number of aliphatic carboxylic acids is 1. The van der Waals surface area contributed by atoms with Gasteiger partial charge in [0, 0.05) is 23.5 Å². The summed E-state index contributed by atoms with van der Waals surface area (Å²) in [4.78, 5) is 37.9. The van der Waals surface area contributed by atoms with E-state index in [1.807, 2.05) is 13.8 Å². The molecule has 122 valence electrons. The van der Waals surface area contributed by atoms with Crippen LogP contribution in [0.25, 0.3) is 10.9 Å². The van der Waals surface area contributed by atoms with E-state index in [1.165, 1.54) is 6.07 Å². The summed E-state index contributed by atoms with van der Waals surface area (Å²) in [6.45, 7) is 3.90. The third-order valence-electron chi connectivity index (χ3n) is 3.61. The molecule has 0 bridgehead atoms. The molecule has 3 N–H and O–H groups in total. The lowest BCUT2D eigenvalue weighted by Gasteiger charge is -2.15. The summed E-state index contributed by atoms with van der Waals surface area (Å²) in [5.41, 5.74) is 0.450. The Labute approximate surface area is 133 Å². The molecule has 23 heavy (non-hydrogen) atoms. The van der Waals surface area contributed by atoms with Gasteiger partial charge in [0.1, 0.15) is 0 Å². The zero-order valence-corrected chi connectivity index (χ0v) is 13.1. The minimum Gasteiger partial charge on any atom is -0.481 e. The number of carbonyl (C=O) groups excluding carboxylic acids is 1.